The van der Waals surface area contributed by atoms with Crippen molar-refractivity contribution in [3.05, 3.63) is 35.9 Å². The van der Waals surface area contributed by atoms with Gasteiger partial charge in [0.2, 0.25) is 11.8 Å². The van der Waals surface area contributed by atoms with Crippen LogP contribution in [0.4, 0.5) is 18.9 Å². The summed E-state index contributed by atoms with van der Waals surface area (Å²) in [5.74, 6) is -1.03. The molecule has 10 heteroatoms. The average Bonchev–Trinajstić information content (AvgIpc) is 2.56. The number of hydrogen-bond acceptors (Lipinski definition) is 4. The molecule has 1 fully saturated rings. The van der Waals surface area contributed by atoms with Crippen molar-refractivity contribution in [3.63, 3.8) is 0 Å². The number of piperazine rings is 1. The Morgan fingerprint density at radius 2 is 1.92 bits per heavy atom. The summed E-state index contributed by atoms with van der Waals surface area (Å²) in [6, 6.07) is 3.48. The van der Waals surface area contributed by atoms with Crippen LogP contribution in [-0.4, -0.2) is 60.7 Å². The van der Waals surface area contributed by atoms with Crippen LogP contribution >= 0.6 is 11.6 Å². The first kappa shape index (κ1) is 20.1. The predicted octanol–water partition coefficient (Wildman–Crippen LogP) is 2.51. The van der Waals surface area contributed by atoms with Crippen molar-refractivity contribution >= 4 is 29.1 Å². The second kappa shape index (κ2) is 8.41. The Kier molecular flexibility index (Phi) is 6.49. The van der Waals surface area contributed by atoms with Gasteiger partial charge in [-0.25, -0.2) is 0 Å². The van der Waals surface area contributed by atoms with Crippen LogP contribution in [0.2, 0.25) is 5.02 Å². The molecule has 0 aromatic heterocycles. The van der Waals surface area contributed by atoms with E-state index in [4.69, 9.17) is 11.6 Å². The maximum absolute atomic E-state index is 12.2. The highest BCUT2D eigenvalue weighted by molar-refractivity contribution is 6.32. The van der Waals surface area contributed by atoms with Crippen molar-refractivity contribution in [2.24, 2.45) is 0 Å². The summed E-state index contributed by atoms with van der Waals surface area (Å²) < 4.78 is 40.4. The fourth-order valence-electron chi connectivity index (χ4n) is 2.45. The molecule has 1 heterocycles. The standard InChI is InChI=1S/C16H17ClF3N3O3/c1-2-15(25)23-7-5-22(6-8-23)10-14(24)21-11-3-4-13(12(17)9-11)26-16(18,19)20/h2-4,9H,1,5-8,10H2,(H,21,24). The summed E-state index contributed by atoms with van der Waals surface area (Å²) in [6.07, 6.45) is -3.60. The number of alkyl halides is 3. The van der Waals surface area contributed by atoms with Crippen molar-refractivity contribution < 1.29 is 27.5 Å². The van der Waals surface area contributed by atoms with E-state index in [9.17, 15) is 22.8 Å². The molecule has 1 N–H and O–H groups in total. The van der Waals surface area contributed by atoms with Gasteiger partial charge in [0.1, 0.15) is 5.75 Å². The summed E-state index contributed by atoms with van der Waals surface area (Å²) in [4.78, 5) is 27.1. The molecule has 0 bridgehead atoms. The van der Waals surface area contributed by atoms with Crippen molar-refractivity contribution in [1.82, 2.24) is 9.80 Å². The molecule has 1 aliphatic rings. The minimum Gasteiger partial charge on any atom is -0.404 e. The number of halogens is 4. The molecule has 1 aromatic carbocycles. The predicted molar refractivity (Wildman–Crippen MR) is 90.0 cm³/mol. The number of amides is 2. The number of anilines is 1. The van der Waals surface area contributed by atoms with Gasteiger partial charge < -0.3 is 15.0 Å². The lowest BCUT2D eigenvalue weighted by molar-refractivity contribution is -0.274. The third-order valence-electron chi connectivity index (χ3n) is 3.67. The third kappa shape index (κ3) is 5.92. The summed E-state index contributed by atoms with van der Waals surface area (Å²) in [5, 5.41) is 2.30. The van der Waals surface area contributed by atoms with E-state index in [0.29, 0.717) is 26.2 Å². The van der Waals surface area contributed by atoms with Crippen LogP contribution in [0.5, 0.6) is 5.75 Å². The van der Waals surface area contributed by atoms with Crippen LogP contribution in [-0.2, 0) is 9.59 Å². The Morgan fingerprint density at radius 1 is 1.27 bits per heavy atom. The van der Waals surface area contributed by atoms with E-state index < -0.39 is 12.1 Å². The summed E-state index contributed by atoms with van der Waals surface area (Å²) >= 11 is 5.74. The zero-order valence-corrected chi connectivity index (χ0v) is 14.4. The molecule has 0 unspecified atom stereocenters. The number of carbonyl (C=O) groups excluding carboxylic acids is 2. The van der Waals surface area contributed by atoms with Gasteiger partial charge in [-0.15, -0.1) is 13.2 Å². The largest absolute Gasteiger partial charge is 0.573 e. The average molecular weight is 392 g/mol. The summed E-state index contributed by atoms with van der Waals surface area (Å²) in [7, 11) is 0. The lowest BCUT2D eigenvalue weighted by atomic mass is 10.2. The van der Waals surface area contributed by atoms with Gasteiger partial charge in [0.15, 0.2) is 0 Å². The number of hydrogen-bond donors (Lipinski definition) is 1. The second-order valence-electron chi connectivity index (χ2n) is 5.55. The van der Waals surface area contributed by atoms with Crippen LogP contribution in [0, 0.1) is 0 Å². The zero-order valence-electron chi connectivity index (χ0n) is 13.7. The van der Waals surface area contributed by atoms with Gasteiger partial charge in [-0.3, -0.25) is 14.5 Å². The van der Waals surface area contributed by atoms with Crippen LogP contribution in [0.25, 0.3) is 0 Å². The Balaban J connectivity index is 1.86. The van der Waals surface area contributed by atoms with Crippen LogP contribution in [0.15, 0.2) is 30.9 Å². The van der Waals surface area contributed by atoms with Gasteiger partial charge in [0.05, 0.1) is 11.6 Å². The lowest BCUT2D eigenvalue weighted by Crippen LogP contribution is -2.50. The van der Waals surface area contributed by atoms with Crippen molar-refractivity contribution in [1.29, 1.82) is 0 Å². The highest BCUT2D eigenvalue weighted by atomic mass is 35.5. The van der Waals surface area contributed by atoms with E-state index in [1.165, 1.54) is 18.2 Å². The number of carbonyl (C=O) groups is 2. The van der Waals surface area contributed by atoms with Crippen molar-refractivity contribution in [2.45, 2.75) is 6.36 Å². The first-order chi connectivity index (χ1) is 12.2. The quantitative estimate of drug-likeness (QED) is 0.783. The number of benzene rings is 1. The number of nitrogens with one attached hydrogen (secondary N) is 1. The highest BCUT2D eigenvalue weighted by Gasteiger charge is 2.32. The molecule has 0 saturated carbocycles. The highest BCUT2D eigenvalue weighted by Crippen LogP contribution is 2.32. The van der Waals surface area contributed by atoms with Crippen molar-refractivity contribution in [3.8, 4) is 5.75 Å². The van der Waals surface area contributed by atoms with Gasteiger partial charge in [-0.2, -0.15) is 0 Å². The van der Waals surface area contributed by atoms with Crippen molar-refractivity contribution in [2.75, 3.05) is 38.0 Å². The molecule has 2 rings (SSSR count). The minimum absolute atomic E-state index is 0.0918. The fraction of sp³-hybridized carbons (Fsp3) is 0.375. The zero-order chi connectivity index (χ0) is 19.3. The Bertz CT molecular complexity index is 689. The van der Waals surface area contributed by atoms with Crippen LogP contribution in [0.1, 0.15) is 0 Å². The van der Waals surface area contributed by atoms with E-state index >= 15 is 0 Å². The first-order valence-electron chi connectivity index (χ1n) is 7.67. The Morgan fingerprint density at radius 3 is 2.46 bits per heavy atom. The van der Waals surface area contributed by atoms with Gasteiger partial charge in [0.25, 0.3) is 0 Å². The van der Waals surface area contributed by atoms with Gasteiger partial charge in [0, 0.05) is 31.9 Å². The summed E-state index contributed by atoms with van der Waals surface area (Å²) in [6.45, 7) is 5.58. The molecule has 1 aliphatic heterocycles. The molecule has 6 nitrogen and oxygen atoms in total. The van der Waals surface area contributed by atoms with E-state index in [1.54, 1.807) is 4.90 Å². The SMILES string of the molecule is C=CC(=O)N1CCN(CC(=O)Nc2ccc(OC(F)(F)F)c(Cl)c2)CC1. The Labute approximate surface area is 153 Å². The molecule has 2 amide bonds. The molecule has 0 spiro atoms. The molecule has 0 atom stereocenters. The van der Waals surface area contributed by atoms with Gasteiger partial charge >= 0.3 is 6.36 Å². The van der Waals surface area contributed by atoms with E-state index in [1.807, 2.05) is 4.90 Å². The smallest absolute Gasteiger partial charge is 0.404 e. The third-order valence-corrected chi connectivity index (χ3v) is 3.96. The molecule has 1 saturated heterocycles. The topological polar surface area (TPSA) is 61.9 Å². The molecular weight excluding hydrogens is 375 g/mol. The number of nitrogens with zero attached hydrogens (tertiary/aromatic N) is 2. The van der Waals surface area contributed by atoms with E-state index in [2.05, 4.69) is 16.6 Å². The van der Waals surface area contributed by atoms with E-state index in [-0.39, 0.29) is 29.1 Å². The van der Waals surface area contributed by atoms with Crippen LogP contribution in [0.3, 0.4) is 0 Å². The number of rotatable bonds is 5. The monoisotopic (exact) mass is 391 g/mol. The van der Waals surface area contributed by atoms with Gasteiger partial charge in [-0.1, -0.05) is 18.2 Å². The maximum atomic E-state index is 12.2. The fourth-order valence-corrected chi connectivity index (χ4v) is 2.66. The summed E-state index contributed by atoms with van der Waals surface area (Å²) in [5.41, 5.74) is 0.259. The molecule has 0 radical (unpaired) electrons. The minimum atomic E-state index is -4.84. The molecule has 26 heavy (non-hydrogen) atoms. The maximum Gasteiger partial charge on any atom is 0.573 e. The van der Waals surface area contributed by atoms with Crippen LogP contribution < -0.4 is 10.1 Å². The molecule has 142 valence electrons. The second-order valence-corrected chi connectivity index (χ2v) is 5.95. The van der Waals surface area contributed by atoms with E-state index in [0.717, 1.165) is 6.07 Å². The molecule has 1 aromatic rings. The first-order valence-corrected chi connectivity index (χ1v) is 8.04. The number of ether oxygens (including phenoxy) is 1. The van der Waals surface area contributed by atoms with Gasteiger partial charge in [-0.05, 0) is 24.3 Å². The lowest BCUT2D eigenvalue weighted by Gasteiger charge is -2.33. The normalized spacial score (nSPS) is 15.5. The molecule has 0 aliphatic carbocycles. The molecular formula is C16H17ClF3N3O3. The Hall–Kier alpha value is -2.26.